The standard InChI is InChI=1S/C14H15N3S2/c1-4-18-13-7-5-6-12(11(13)8-15)17-14-16-9(2)10(3)19-14/h5-7H,4H2,1-3H3,(H,16,17). The fourth-order valence-corrected chi connectivity index (χ4v) is 3.28. The molecule has 1 aromatic carbocycles. The largest absolute Gasteiger partial charge is 0.330 e. The molecule has 0 aliphatic heterocycles. The molecular weight excluding hydrogens is 274 g/mol. The number of benzene rings is 1. The molecule has 0 amide bonds. The lowest BCUT2D eigenvalue weighted by molar-refractivity contribution is 1.22. The van der Waals surface area contributed by atoms with E-state index in [1.165, 1.54) is 4.88 Å². The minimum atomic E-state index is 0.694. The number of rotatable bonds is 4. The van der Waals surface area contributed by atoms with Crippen LogP contribution in [0.15, 0.2) is 23.1 Å². The van der Waals surface area contributed by atoms with Crippen molar-refractivity contribution in [2.75, 3.05) is 11.1 Å². The van der Waals surface area contributed by atoms with Gasteiger partial charge in [0.05, 0.1) is 16.9 Å². The van der Waals surface area contributed by atoms with Crippen LogP contribution in [-0.4, -0.2) is 10.7 Å². The summed E-state index contributed by atoms with van der Waals surface area (Å²) in [6, 6.07) is 8.15. The van der Waals surface area contributed by atoms with E-state index in [-0.39, 0.29) is 0 Å². The van der Waals surface area contributed by atoms with Gasteiger partial charge in [-0.15, -0.1) is 23.1 Å². The molecule has 1 N–H and O–H groups in total. The smallest absolute Gasteiger partial charge is 0.187 e. The Morgan fingerprint density at radius 3 is 2.79 bits per heavy atom. The van der Waals surface area contributed by atoms with Crippen molar-refractivity contribution >= 4 is 33.9 Å². The molecule has 98 valence electrons. The van der Waals surface area contributed by atoms with Crippen LogP contribution >= 0.6 is 23.1 Å². The van der Waals surface area contributed by atoms with E-state index in [1.54, 1.807) is 23.1 Å². The van der Waals surface area contributed by atoms with E-state index >= 15 is 0 Å². The number of thiazole rings is 1. The molecule has 0 radical (unpaired) electrons. The Hall–Kier alpha value is -1.51. The molecule has 2 rings (SSSR count). The van der Waals surface area contributed by atoms with Crippen LogP contribution in [0.25, 0.3) is 0 Å². The number of nitrogens with one attached hydrogen (secondary N) is 1. The average Bonchev–Trinajstić information content (AvgIpc) is 2.69. The van der Waals surface area contributed by atoms with Crippen LogP contribution in [0.3, 0.4) is 0 Å². The third kappa shape index (κ3) is 3.09. The Labute approximate surface area is 121 Å². The highest BCUT2D eigenvalue weighted by molar-refractivity contribution is 7.99. The normalized spacial score (nSPS) is 10.2. The summed E-state index contributed by atoms with van der Waals surface area (Å²) in [6.45, 7) is 6.12. The van der Waals surface area contributed by atoms with Gasteiger partial charge in [-0.05, 0) is 31.7 Å². The first-order chi connectivity index (χ1) is 9.15. The van der Waals surface area contributed by atoms with Gasteiger partial charge >= 0.3 is 0 Å². The van der Waals surface area contributed by atoms with Gasteiger partial charge in [-0.1, -0.05) is 13.0 Å². The predicted molar refractivity (Wildman–Crippen MR) is 82.4 cm³/mol. The summed E-state index contributed by atoms with van der Waals surface area (Å²) in [6.07, 6.45) is 0. The molecule has 3 nitrogen and oxygen atoms in total. The predicted octanol–water partition coefficient (Wildman–Crippen LogP) is 4.49. The van der Waals surface area contributed by atoms with E-state index in [9.17, 15) is 5.26 Å². The van der Waals surface area contributed by atoms with Gasteiger partial charge < -0.3 is 5.32 Å². The highest BCUT2D eigenvalue weighted by Gasteiger charge is 2.10. The number of anilines is 2. The minimum absolute atomic E-state index is 0.694. The van der Waals surface area contributed by atoms with Crippen molar-refractivity contribution < 1.29 is 0 Å². The summed E-state index contributed by atoms with van der Waals surface area (Å²) < 4.78 is 0. The van der Waals surface area contributed by atoms with Crippen LogP contribution in [-0.2, 0) is 0 Å². The van der Waals surface area contributed by atoms with E-state index < -0.39 is 0 Å². The number of hydrogen-bond donors (Lipinski definition) is 1. The lowest BCUT2D eigenvalue weighted by atomic mass is 10.2. The Balaban J connectivity index is 2.34. The second-order valence-corrected chi connectivity index (χ2v) is 6.52. The van der Waals surface area contributed by atoms with Crippen molar-refractivity contribution in [3.63, 3.8) is 0 Å². The van der Waals surface area contributed by atoms with Crippen molar-refractivity contribution in [1.29, 1.82) is 5.26 Å². The fraction of sp³-hybridized carbons (Fsp3) is 0.286. The van der Waals surface area contributed by atoms with Crippen LogP contribution in [0.4, 0.5) is 10.8 Å². The van der Waals surface area contributed by atoms with Crippen molar-refractivity contribution in [1.82, 2.24) is 4.98 Å². The number of thioether (sulfide) groups is 1. The highest BCUT2D eigenvalue weighted by atomic mass is 32.2. The highest BCUT2D eigenvalue weighted by Crippen LogP contribution is 2.31. The van der Waals surface area contributed by atoms with E-state index in [1.807, 2.05) is 32.0 Å². The number of nitrogens with zero attached hydrogens (tertiary/aromatic N) is 2. The van der Waals surface area contributed by atoms with E-state index in [4.69, 9.17) is 0 Å². The molecule has 0 bridgehead atoms. The lowest BCUT2D eigenvalue weighted by Crippen LogP contribution is -1.95. The molecule has 2 aromatic rings. The van der Waals surface area contributed by atoms with Gasteiger partial charge in [-0.25, -0.2) is 4.98 Å². The van der Waals surface area contributed by atoms with Gasteiger partial charge in [0.1, 0.15) is 6.07 Å². The molecule has 0 aliphatic carbocycles. The van der Waals surface area contributed by atoms with Crippen molar-refractivity contribution in [2.45, 2.75) is 25.7 Å². The van der Waals surface area contributed by atoms with Gasteiger partial charge in [-0.3, -0.25) is 0 Å². The Morgan fingerprint density at radius 2 is 2.21 bits per heavy atom. The molecule has 0 atom stereocenters. The van der Waals surface area contributed by atoms with Gasteiger partial charge in [-0.2, -0.15) is 5.26 Å². The molecule has 0 saturated carbocycles. The number of aromatic nitrogens is 1. The Kier molecular flexibility index (Phi) is 4.46. The third-order valence-electron chi connectivity index (χ3n) is 2.71. The first kappa shape index (κ1) is 13.9. The minimum Gasteiger partial charge on any atom is -0.330 e. The maximum atomic E-state index is 9.34. The van der Waals surface area contributed by atoms with E-state index in [0.717, 1.165) is 27.2 Å². The molecule has 1 heterocycles. The molecule has 1 aromatic heterocycles. The first-order valence-corrected chi connectivity index (χ1v) is 7.83. The molecule has 5 heteroatoms. The Morgan fingerprint density at radius 1 is 1.42 bits per heavy atom. The summed E-state index contributed by atoms with van der Waals surface area (Å²) in [7, 11) is 0. The average molecular weight is 289 g/mol. The van der Waals surface area contributed by atoms with E-state index in [0.29, 0.717) is 5.56 Å². The summed E-state index contributed by atoms with van der Waals surface area (Å²) in [5.74, 6) is 0.952. The molecule has 0 unspecified atom stereocenters. The molecule has 0 spiro atoms. The summed E-state index contributed by atoms with van der Waals surface area (Å²) >= 11 is 3.29. The Bertz CT molecular complexity index is 607. The molecule has 0 aliphatic rings. The first-order valence-electron chi connectivity index (χ1n) is 6.02. The quantitative estimate of drug-likeness (QED) is 0.843. The SMILES string of the molecule is CCSc1cccc(Nc2nc(C)c(C)s2)c1C#N. The summed E-state index contributed by atoms with van der Waals surface area (Å²) in [5, 5.41) is 13.4. The summed E-state index contributed by atoms with van der Waals surface area (Å²) in [4.78, 5) is 6.66. The second kappa shape index (κ2) is 6.09. The molecular formula is C14H15N3S2. The number of nitriles is 1. The monoisotopic (exact) mass is 289 g/mol. The van der Waals surface area contributed by atoms with E-state index in [2.05, 4.69) is 23.3 Å². The maximum Gasteiger partial charge on any atom is 0.187 e. The number of hydrogen-bond acceptors (Lipinski definition) is 5. The van der Waals surface area contributed by atoms with Crippen LogP contribution in [0, 0.1) is 25.2 Å². The zero-order valence-electron chi connectivity index (χ0n) is 11.2. The topological polar surface area (TPSA) is 48.7 Å². The van der Waals surface area contributed by atoms with Crippen molar-refractivity contribution in [3.8, 4) is 6.07 Å². The molecule has 0 saturated heterocycles. The van der Waals surface area contributed by atoms with Crippen LogP contribution in [0.1, 0.15) is 23.1 Å². The molecule has 19 heavy (non-hydrogen) atoms. The van der Waals surface area contributed by atoms with Crippen LogP contribution in [0.2, 0.25) is 0 Å². The van der Waals surface area contributed by atoms with Gasteiger partial charge in [0.15, 0.2) is 5.13 Å². The van der Waals surface area contributed by atoms with Gasteiger partial charge in [0.25, 0.3) is 0 Å². The van der Waals surface area contributed by atoms with Crippen LogP contribution < -0.4 is 5.32 Å². The third-order valence-corrected chi connectivity index (χ3v) is 4.64. The zero-order valence-corrected chi connectivity index (χ0v) is 12.8. The van der Waals surface area contributed by atoms with Crippen molar-refractivity contribution in [2.24, 2.45) is 0 Å². The van der Waals surface area contributed by atoms with Gasteiger partial charge in [0, 0.05) is 9.77 Å². The molecule has 0 fully saturated rings. The van der Waals surface area contributed by atoms with Crippen molar-refractivity contribution in [3.05, 3.63) is 34.3 Å². The summed E-state index contributed by atoms with van der Waals surface area (Å²) in [5.41, 5.74) is 2.56. The maximum absolute atomic E-state index is 9.34. The second-order valence-electron chi connectivity index (χ2n) is 4.01. The number of aryl methyl sites for hydroxylation is 2. The van der Waals surface area contributed by atoms with Gasteiger partial charge in [0.2, 0.25) is 0 Å². The zero-order chi connectivity index (χ0) is 13.8. The fourth-order valence-electron chi connectivity index (χ4n) is 1.67. The lowest BCUT2D eigenvalue weighted by Gasteiger charge is -2.08. The van der Waals surface area contributed by atoms with Crippen LogP contribution in [0.5, 0.6) is 0 Å².